The third-order valence-corrected chi connectivity index (χ3v) is 5.99. The summed E-state index contributed by atoms with van der Waals surface area (Å²) in [6.07, 6.45) is 8.26. The molecule has 120 valence electrons. The number of fused-ring (bicyclic) bond motifs is 2. The van der Waals surface area contributed by atoms with Crippen molar-refractivity contribution < 1.29 is 9.32 Å². The van der Waals surface area contributed by atoms with Gasteiger partial charge in [0.05, 0.1) is 5.92 Å². The van der Waals surface area contributed by atoms with Gasteiger partial charge in [0.2, 0.25) is 11.8 Å². The molecule has 3 aliphatic rings. The number of carbonyl (C=O) groups is 1. The topological polar surface area (TPSA) is 59.2 Å². The Morgan fingerprint density at radius 1 is 1.32 bits per heavy atom. The lowest BCUT2D eigenvalue weighted by molar-refractivity contribution is -0.134. The number of hydrogen-bond acceptors (Lipinski definition) is 4. The molecule has 0 N–H and O–H groups in total. The molecule has 5 nitrogen and oxygen atoms in total. The Labute approximate surface area is 131 Å². The van der Waals surface area contributed by atoms with E-state index >= 15 is 0 Å². The van der Waals surface area contributed by atoms with E-state index in [1.807, 2.05) is 11.8 Å². The fourth-order valence-corrected chi connectivity index (χ4v) is 4.86. The molecule has 4 rings (SSSR count). The predicted molar refractivity (Wildman–Crippen MR) is 81.1 cm³/mol. The van der Waals surface area contributed by atoms with Gasteiger partial charge in [-0.05, 0) is 56.8 Å². The van der Waals surface area contributed by atoms with Crippen molar-refractivity contribution in [2.75, 3.05) is 13.1 Å². The first kappa shape index (κ1) is 14.2. The average Bonchev–Trinajstić information content (AvgIpc) is 3.24. The van der Waals surface area contributed by atoms with Crippen LogP contribution >= 0.6 is 0 Å². The number of piperidine rings is 1. The Balaban J connectivity index is 1.36. The second kappa shape index (κ2) is 5.67. The summed E-state index contributed by atoms with van der Waals surface area (Å²) in [5, 5.41) is 3.88. The molecule has 2 heterocycles. The van der Waals surface area contributed by atoms with Crippen molar-refractivity contribution in [3.8, 4) is 0 Å². The van der Waals surface area contributed by atoms with Gasteiger partial charge in [0, 0.05) is 19.5 Å². The molecule has 2 saturated carbocycles. The molecule has 0 aromatic carbocycles. The number of rotatable bonds is 3. The minimum Gasteiger partial charge on any atom is -0.342 e. The molecule has 1 aromatic heterocycles. The standard InChI is InChI=1S/C17H25N3O2/c1-11-18-17(22-19-11)14-3-2-6-20(10-14)16(21)9-15-8-12-4-5-13(15)7-12/h12-15H,2-10H2,1H3/t12-,13-,14+,15+/m0/s1. The van der Waals surface area contributed by atoms with Crippen molar-refractivity contribution in [2.24, 2.45) is 17.8 Å². The summed E-state index contributed by atoms with van der Waals surface area (Å²) in [5.41, 5.74) is 0. The van der Waals surface area contributed by atoms with E-state index < -0.39 is 0 Å². The van der Waals surface area contributed by atoms with Gasteiger partial charge in [-0.25, -0.2) is 0 Å². The zero-order valence-corrected chi connectivity index (χ0v) is 13.3. The van der Waals surface area contributed by atoms with Crippen molar-refractivity contribution in [1.82, 2.24) is 15.0 Å². The van der Waals surface area contributed by atoms with Crippen LogP contribution < -0.4 is 0 Å². The van der Waals surface area contributed by atoms with E-state index in [-0.39, 0.29) is 5.92 Å². The van der Waals surface area contributed by atoms with Crippen molar-refractivity contribution in [3.63, 3.8) is 0 Å². The molecule has 3 fully saturated rings. The van der Waals surface area contributed by atoms with Gasteiger partial charge in [-0.1, -0.05) is 11.6 Å². The number of nitrogens with zero attached hydrogens (tertiary/aromatic N) is 3. The first-order chi connectivity index (χ1) is 10.7. The van der Waals surface area contributed by atoms with Crippen LogP contribution in [0.1, 0.15) is 62.6 Å². The Kier molecular flexibility index (Phi) is 3.66. The second-order valence-corrected chi connectivity index (χ2v) is 7.50. The van der Waals surface area contributed by atoms with E-state index in [2.05, 4.69) is 10.1 Å². The highest BCUT2D eigenvalue weighted by Gasteiger charge is 2.41. The first-order valence-corrected chi connectivity index (χ1v) is 8.77. The molecule has 0 spiro atoms. The van der Waals surface area contributed by atoms with Gasteiger partial charge in [-0.2, -0.15) is 4.98 Å². The molecular formula is C17H25N3O2. The van der Waals surface area contributed by atoms with Gasteiger partial charge in [-0.3, -0.25) is 4.79 Å². The largest absolute Gasteiger partial charge is 0.342 e. The van der Waals surface area contributed by atoms with E-state index in [1.165, 1.54) is 25.7 Å². The highest BCUT2D eigenvalue weighted by atomic mass is 16.5. The zero-order chi connectivity index (χ0) is 15.1. The zero-order valence-electron chi connectivity index (χ0n) is 13.3. The van der Waals surface area contributed by atoms with Crippen LogP contribution in [0.25, 0.3) is 0 Å². The predicted octanol–water partition coefficient (Wildman–Crippen LogP) is 2.91. The highest BCUT2D eigenvalue weighted by Crippen LogP contribution is 2.49. The van der Waals surface area contributed by atoms with Gasteiger partial charge in [0.25, 0.3) is 0 Å². The average molecular weight is 303 g/mol. The van der Waals surface area contributed by atoms with E-state index in [4.69, 9.17) is 4.52 Å². The van der Waals surface area contributed by atoms with Gasteiger partial charge < -0.3 is 9.42 Å². The lowest BCUT2D eigenvalue weighted by Crippen LogP contribution is -2.40. The molecule has 2 bridgehead atoms. The highest BCUT2D eigenvalue weighted by molar-refractivity contribution is 5.76. The molecule has 1 aliphatic heterocycles. The lowest BCUT2D eigenvalue weighted by atomic mass is 9.86. The molecule has 0 radical (unpaired) electrons. The third kappa shape index (κ3) is 2.66. The number of likely N-dealkylation sites (tertiary alicyclic amines) is 1. The van der Waals surface area contributed by atoms with Gasteiger partial charge in [0.1, 0.15) is 0 Å². The summed E-state index contributed by atoms with van der Waals surface area (Å²) in [5.74, 6) is 4.34. The molecule has 5 heteroatoms. The lowest BCUT2D eigenvalue weighted by Gasteiger charge is -2.32. The molecule has 1 saturated heterocycles. The minimum atomic E-state index is 0.221. The molecule has 0 unspecified atom stereocenters. The summed E-state index contributed by atoms with van der Waals surface area (Å²) in [4.78, 5) is 19.1. The van der Waals surface area contributed by atoms with Crippen LogP contribution in [-0.2, 0) is 4.79 Å². The van der Waals surface area contributed by atoms with Crippen LogP contribution in [0.5, 0.6) is 0 Å². The molecule has 1 amide bonds. The number of hydrogen-bond donors (Lipinski definition) is 0. The van der Waals surface area contributed by atoms with Crippen molar-refractivity contribution in [1.29, 1.82) is 0 Å². The molecule has 4 atom stereocenters. The fourth-order valence-electron chi connectivity index (χ4n) is 4.86. The van der Waals surface area contributed by atoms with Crippen LogP contribution in [0.4, 0.5) is 0 Å². The number of amides is 1. The van der Waals surface area contributed by atoms with Gasteiger partial charge in [0.15, 0.2) is 5.82 Å². The minimum absolute atomic E-state index is 0.221. The van der Waals surface area contributed by atoms with Crippen LogP contribution in [0.15, 0.2) is 4.52 Å². The van der Waals surface area contributed by atoms with Gasteiger partial charge >= 0.3 is 0 Å². The van der Waals surface area contributed by atoms with E-state index in [1.54, 1.807) is 0 Å². The molecule has 22 heavy (non-hydrogen) atoms. The maximum atomic E-state index is 12.7. The smallest absolute Gasteiger partial charge is 0.231 e. The van der Waals surface area contributed by atoms with Crippen LogP contribution in [0.2, 0.25) is 0 Å². The van der Waals surface area contributed by atoms with Crippen LogP contribution in [0.3, 0.4) is 0 Å². The van der Waals surface area contributed by atoms with Crippen molar-refractivity contribution in [3.05, 3.63) is 11.7 Å². The number of aryl methyl sites for hydroxylation is 1. The Morgan fingerprint density at radius 3 is 2.91 bits per heavy atom. The third-order valence-electron chi connectivity index (χ3n) is 5.99. The van der Waals surface area contributed by atoms with Crippen molar-refractivity contribution in [2.45, 2.75) is 57.8 Å². The van der Waals surface area contributed by atoms with E-state index in [0.717, 1.165) is 44.2 Å². The summed E-state index contributed by atoms with van der Waals surface area (Å²) in [6, 6.07) is 0. The molecule has 2 aliphatic carbocycles. The monoisotopic (exact) mass is 303 g/mol. The van der Waals surface area contributed by atoms with Gasteiger partial charge in [-0.15, -0.1) is 0 Å². The normalized spacial score (nSPS) is 34.3. The van der Waals surface area contributed by atoms with E-state index in [0.29, 0.717) is 23.5 Å². The summed E-state index contributed by atoms with van der Waals surface area (Å²) < 4.78 is 5.31. The van der Waals surface area contributed by atoms with Crippen molar-refractivity contribution >= 4 is 5.91 Å². The maximum Gasteiger partial charge on any atom is 0.231 e. The first-order valence-electron chi connectivity index (χ1n) is 8.77. The Hall–Kier alpha value is -1.39. The molecule has 1 aromatic rings. The van der Waals surface area contributed by atoms with Crippen LogP contribution in [0, 0.1) is 24.7 Å². The Bertz CT molecular complexity index is 556. The molecular weight excluding hydrogens is 278 g/mol. The Morgan fingerprint density at radius 2 is 2.23 bits per heavy atom. The van der Waals surface area contributed by atoms with E-state index in [9.17, 15) is 4.79 Å². The quantitative estimate of drug-likeness (QED) is 0.861. The second-order valence-electron chi connectivity index (χ2n) is 7.50. The number of aromatic nitrogens is 2. The number of carbonyl (C=O) groups excluding carboxylic acids is 1. The summed E-state index contributed by atoms with van der Waals surface area (Å²) in [6.45, 7) is 3.48. The summed E-state index contributed by atoms with van der Waals surface area (Å²) >= 11 is 0. The summed E-state index contributed by atoms with van der Waals surface area (Å²) in [7, 11) is 0. The maximum absolute atomic E-state index is 12.7. The fraction of sp³-hybridized carbons (Fsp3) is 0.824. The SMILES string of the molecule is Cc1noc([C@@H]2CCCN(C(=O)C[C@H]3C[C@H]4CC[C@H]3C4)C2)n1. The van der Waals surface area contributed by atoms with Crippen LogP contribution in [-0.4, -0.2) is 34.0 Å².